The molecule has 1 N–H and O–H groups in total. The number of carbonyl (C=O) groups is 2. The van der Waals surface area contributed by atoms with Gasteiger partial charge in [-0.2, -0.15) is 0 Å². The number of carbonyl (C=O) groups excluding carboxylic acids is 2. The maximum atomic E-state index is 14.8. The van der Waals surface area contributed by atoms with Crippen molar-refractivity contribution in [3.05, 3.63) is 112 Å². The molecule has 1 atom stereocenters. The van der Waals surface area contributed by atoms with Crippen LogP contribution in [-0.4, -0.2) is 65.1 Å². The number of benzene rings is 4. The number of halogens is 2. The van der Waals surface area contributed by atoms with Gasteiger partial charge in [-0.1, -0.05) is 73.4 Å². The van der Waals surface area contributed by atoms with Gasteiger partial charge in [0.2, 0.25) is 11.8 Å². The van der Waals surface area contributed by atoms with Crippen molar-refractivity contribution in [3.63, 3.8) is 0 Å². The molecule has 0 unspecified atom stereocenters. The first-order valence-corrected chi connectivity index (χ1v) is 18.6. The molecule has 4 aromatic carbocycles. The molecule has 0 heterocycles. The van der Waals surface area contributed by atoms with Crippen molar-refractivity contribution >= 4 is 50.7 Å². The number of methoxy groups -OCH3 is 2. The van der Waals surface area contributed by atoms with Gasteiger partial charge in [0.1, 0.15) is 18.3 Å². The highest BCUT2D eigenvalue weighted by Crippen LogP contribution is 2.33. The van der Waals surface area contributed by atoms with Crippen LogP contribution in [0.2, 0.25) is 10.0 Å². The van der Waals surface area contributed by atoms with Gasteiger partial charge in [0.25, 0.3) is 10.0 Å². The number of amides is 2. The van der Waals surface area contributed by atoms with Crippen molar-refractivity contribution in [3.8, 4) is 17.2 Å². The fourth-order valence-electron chi connectivity index (χ4n) is 5.34. The lowest BCUT2D eigenvalue weighted by Gasteiger charge is -2.34. The quantitative estimate of drug-likeness (QED) is 0.123. The Hall–Kier alpha value is -4.45. The van der Waals surface area contributed by atoms with Crippen LogP contribution in [0.4, 0.5) is 5.69 Å². The smallest absolute Gasteiger partial charge is 0.264 e. The van der Waals surface area contributed by atoms with Crippen molar-refractivity contribution in [2.24, 2.45) is 5.92 Å². The number of hydrogen-bond acceptors (Lipinski definition) is 7. The molecule has 0 radical (unpaired) electrons. The molecule has 0 saturated heterocycles. The van der Waals surface area contributed by atoms with Crippen LogP contribution < -0.4 is 23.8 Å². The van der Waals surface area contributed by atoms with E-state index in [2.05, 4.69) is 5.32 Å². The summed E-state index contributed by atoms with van der Waals surface area (Å²) in [6, 6.07) is 23.7. The molecule has 0 aliphatic carbocycles. The van der Waals surface area contributed by atoms with E-state index in [1.807, 2.05) is 51.1 Å². The van der Waals surface area contributed by atoms with E-state index < -0.39 is 34.4 Å². The van der Waals surface area contributed by atoms with Crippen LogP contribution in [-0.2, 0) is 32.6 Å². The summed E-state index contributed by atoms with van der Waals surface area (Å²) in [7, 11) is -1.58. The number of ether oxygens (including phenoxy) is 3. The zero-order valence-electron chi connectivity index (χ0n) is 29.3. The SMILES string of the molecule is CCOc1ccc(N(CC(=O)N(Cc2c(Cl)cccc2Cl)[C@@H](Cc2ccccc2)C(=O)NCC(C)C)S(=O)(=O)c2ccc(OC)c(OC)c2)cc1. The minimum atomic E-state index is -4.42. The van der Waals surface area contributed by atoms with Crippen molar-refractivity contribution in [2.45, 2.75) is 44.7 Å². The lowest BCUT2D eigenvalue weighted by molar-refractivity contribution is -0.140. The van der Waals surface area contributed by atoms with Crippen molar-refractivity contribution in [1.29, 1.82) is 0 Å². The highest BCUT2D eigenvalue weighted by molar-refractivity contribution is 7.92. The summed E-state index contributed by atoms with van der Waals surface area (Å²) in [5, 5.41) is 3.55. The van der Waals surface area contributed by atoms with Crippen molar-refractivity contribution in [2.75, 3.05) is 38.2 Å². The van der Waals surface area contributed by atoms with E-state index in [4.69, 9.17) is 37.4 Å². The number of anilines is 1. The molecule has 0 saturated carbocycles. The normalized spacial score (nSPS) is 11.8. The molecule has 272 valence electrons. The third kappa shape index (κ3) is 10.1. The first-order chi connectivity index (χ1) is 24.4. The third-order valence-electron chi connectivity index (χ3n) is 8.00. The molecule has 51 heavy (non-hydrogen) atoms. The van der Waals surface area contributed by atoms with E-state index in [0.717, 1.165) is 9.87 Å². The van der Waals surface area contributed by atoms with E-state index in [-0.39, 0.29) is 35.2 Å². The topological polar surface area (TPSA) is 114 Å². The van der Waals surface area contributed by atoms with Gasteiger partial charge in [0.15, 0.2) is 11.5 Å². The summed E-state index contributed by atoms with van der Waals surface area (Å²) in [5.41, 5.74) is 1.41. The summed E-state index contributed by atoms with van der Waals surface area (Å²) in [5.74, 6) is 0.116. The average Bonchev–Trinajstić information content (AvgIpc) is 3.12. The second-order valence-corrected chi connectivity index (χ2v) is 14.7. The summed E-state index contributed by atoms with van der Waals surface area (Å²) >= 11 is 13.2. The molecule has 2 amide bonds. The van der Waals surface area contributed by atoms with E-state index in [0.29, 0.717) is 40.3 Å². The zero-order valence-corrected chi connectivity index (χ0v) is 31.6. The Morgan fingerprint density at radius 3 is 2.08 bits per heavy atom. The maximum absolute atomic E-state index is 14.8. The number of hydrogen-bond donors (Lipinski definition) is 1. The van der Waals surface area contributed by atoms with Gasteiger partial charge in [-0.05, 0) is 66.9 Å². The summed E-state index contributed by atoms with van der Waals surface area (Å²) < 4.78 is 46.3. The highest BCUT2D eigenvalue weighted by atomic mass is 35.5. The van der Waals surface area contributed by atoms with Crippen LogP contribution >= 0.6 is 23.2 Å². The largest absolute Gasteiger partial charge is 0.494 e. The fraction of sp³-hybridized carbons (Fsp3) is 0.316. The molecule has 13 heteroatoms. The molecule has 0 fully saturated rings. The van der Waals surface area contributed by atoms with Crippen molar-refractivity contribution < 1.29 is 32.2 Å². The van der Waals surface area contributed by atoms with Crippen LogP contribution in [0.25, 0.3) is 0 Å². The van der Waals surface area contributed by atoms with Gasteiger partial charge in [0, 0.05) is 41.2 Å². The zero-order chi connectivity index (χ0) is 37.1. The van der Waals surface area contributed by atoms with Gasteiger partial charge in [-0.25, -0.2) is 8.42 Å². The summed E-state index contributed by atoms with van der Waals surface area (Å²) in [4.78, 5) is 30.0. The van der Waals surface area contributed by atoms with E-state index >= 15 is 0 Å². The number of rotatable bonds is 17. The molecule has 10 nitrogen and oxygen atoms in total. The lowest BCUT2D eigenvalue weighted by Crippen LogP contribution is -2.53. The third-order valence-corrected chi connectivity index (χ3v) is 10.5. The van der Waals surface area contributed by atoms with Gasteiger partial charge in [0.05, 0.1) is 31.4 Å². The second-order valence-electron chi connectivity index (χ2n) is 12.0. The summed E-state index contributed by atoms with van der Waals surface area (Å²) in [6.45, 7) is 5.70. The Labute approximate surface area is 310 Å². The Morgan fingerprint density at radius 2 is 1.49 bits per heavy atom. The van der Waals surface area contributed by atoms with Gasteiger partial charge >= 0.3 is 0 Å². The molecular weight excluding hydrogens is 713 g/mol. The maximum Gasteiger partial charge on any atom is 0.264 e. The Balaban J connectivity index is 1.86. The predicted octanol–water partition coefficient (Wildman–Crippen LogP) is 7.02. The first kappa shape index (κ1) is 39.3. The molecule has 0 aliphatic heterocycles. The van der Waals surface area contributed by atoms with Crippen molar-refractivity contribution in [1.82, 2.24) is 10.2 Å². The number of nitrogens with zero attached hydrogens (tertiary/aromatic N) is 2. The molecule has 0 aliphatic rings. The van der Waals surface area contributed by atoms with Crippen LogP contribution in [0.3, 0.4) is 0 Å². The Morgan fingerprint density at radius 1 is 0.843 bits per heavy atom. The Kier molecular flexibility index (Phi) is 14.0. The average molecular weight is 757 g/mol. The fourth-order valence-corrected chi connectivity index (χ4v) is 7.29. The molecule has 0 bridgehead atoms. The van der Waals surface area contributed by atoms with Crippen LogP contribution in [0.1, 0.15) is 31.9 Å². The monoisotopic (exact) mass is 755 g/mol. The van der Waals surface area contributed by atoms with Crippen LogP contribution in [0, 0.1) is 5.92 Å². The standard InChI is InChI=1S/C38H43Cl2N3O7S/c1-6-50-29-17-15-28(16-18-29)43(51(46,47)30-19-20-35(48-4)36(22-30)49-5)25-37(44)42(24-31-32(39)13-10-14-33(31)40)34(38(45)41-23-26(2)3)21-27-11-8-7-9-12-27/h7-20,22,26,34H,6,21,23-25H2,1-5H3,(H,41,45)/t34-/m0/s1. The molecule has 4 aromatic rings. The van der Waals surface area contributed by atoms with E-state index in [9.17, 15) is 18.0 Å². The molecule has 0 aromatic heterocycles. The summed E-state index contributed by atoms with van der Waals surface area (Å²) in [6.07, 6.45) is 0.143. The van der Waals surface area contributed by atoms with Gasteiger partial charge < -0.3 is 24.4 Å². The minimum Gasteiger partial charge on any atom is -0.494 e. The number of sulfonamides is 1. The van der Waals surface area contributed by atoms with Gasteiger partial charge in [-0.15, -0.1) is 0 Å². The van der Waals surface area contributed by atoms with Gasteiger partial charge in [-0.3, -0.25) is 13.9 Å². The van der Waals surface area contributed by atoms with E-state index in [1.165, 1.54) is 37.3 Å². The van der Waals surface area contributed by atoms with Crippen LogP contribution in [0.15, 0.2) is 95.9 Å². The number of nitrogens with one attached hydrogen (secondary N) is 1. The predicted molar refractivity (Wildman–Crippen MR) is 200 cm³/mol. The van der Waals surface area contributed by atoms with E-state index in [1.54, 1.807) is 42.5 Å². The molecular formula is C38H43Cl2N3O7S. The second kappa shape index (κ2) is 18.2. The molecule has 4 rings (SSSR count). The minimum absolute atomic E-state index is 0.135. The van der Waals surface area contributed by atoms with Crippen LogP contribution in [0.5, 0.6) is 17.2 Å². The Bertz CT molecular complexity index is 1870. The lowest BCUT2D eigenvalue weighted by atomic mass is 10.0. The molecule has 0 spiro atoms. The first-order valence-electron chi connectivity index (χ1n) is 16.4. The highest BCUT2D eigenvalue weighted by Gasteiger charge is 2.35.